The minimum absolute atomic E-state index is 0.0135. The molecule has 1 fully saturated rings. The standard InChI is InChI=1S/C10H18N4O2S/c1-2-14-5-9(12-8-14)17(15,16)13-7-10(6-11)3-4-10/h5,8,13H,2-4,6-7,11H2,1H3. The fourth-order valence-corrected chi connectivity index (χ4v) is 2.71. The van der Waals surface area contributed by atoms with Gasteiger partial charge >= 0.3 is 0 Å². The first-order valence-electron chi connectivity index (χ1n) is 5.73. The highest BCUT2D eigenvalue weighted by Crippen LogP contribution is 2.43. The fourth-order valence-electron chi connectivity index (χ4n) is 1.60. The van der Waals surface area contributed by atoms with Crippen LogP contribution >= 0.6 is 0 Å². The van der Waals surface area contributed by atoms with E-state index in [1.807, 2.05) is 6.92 Å². The Morgan fingerprint density at radius 2 is 2.29 bits per heavy atom. The first-order valence-corrected chi connectivity index (χ1v) is 7.21. The molecule has 0 spiro atoms. The maximum Gasteiger partial charge on any atom is 0.259 e. The number of imidazole rings is 1. The number of sulfonamides is 1. The van der Waals surface area contributed by atoms with Crippen LogP contribution in [0.3, 0.4) is 0 Å². The van der Waals surface area contributed by atoms with Gasteiger partial charge in [-0.05, 0) is 31.7 Å². The summed E-state index contributed by atoms with van der Waals surface area (Å²) < 4.78 is 28.2. The highest BCUT2D eigenvalue weighted by molar-refractivity contribution is 7.89. The van der Waals surface area contributed by atoms with Crippen LogP contribution < -0.4 is 10.5 Å². The molecule has 6 nitrogen and oxygen atoms in total. The Kier molecular flexibility index (Phi) is 3.24. The number of nitrogens with zero attached hydrogens (tertiary/aromatic N) is 2. The Bertz CT molecular complexity index is 490. The molecule has 1 aromatic rings. The molecule has 0 aliphatic heterocycles. The van der Waals surface area contributed by atoms with E-state index < -0.39 is 10.0 Å². The van der Waals surface area contributed by atoms with Crippen molar-refractivity contribution in [3.63, 3.8) is 0 Å². The van der Waals surface area contributed by atoms with E-state index in [-0.39, 0.29) is 10.4 Å². The Balaban J connectivity index is 2.03. The maximum absolute atomic E-state index is 11.9. The van der Waals surface area contributed by atoms with Gasteiger partial charge in [0.1, 0.15) is 0 Å². The van der Waals surface area contributed by atoms with Gasteiger partial charge in [-0.25, -0.2) is 18.1 Å². The fraction of sp³-hybridized carbons (Fsp3) is 0.700. The van der Waals surface area contributed by atoms with Gasteiger partial charge in [-0.1, -0.05) is 0 Å². The molecule has 96 valence electrons. The Morgan fingerprint density at radius 1 is 1.59 bits per heavy atom. The van der Waals surface area contributed by atoms with Crippen LogP contribution in [0.2, 0.25) is 0 Å². The Hall–Kier alpha value is -0.920. The second kappa shape index (κ2) is 4.40. The number of hydrogen-bond donors (Lipinski definition) is 2. The number of nitrogens with two attached hydrogens (primary N) is 1. The molecule has 0 atom stereocenters. The Labute approximate surface area is 101 Å². The highest BCUT2D eigenvalue weighted by atomic mass is 32.2. The van der Waals surface area contributed by atoms with Crippen molar-refractivity contribution >= 4 is 10.0 Å². The van der Waals surface area contributed by atoms with Gasteiger partial charge in [0.2, 0.25) is 0 Å². The molecule has 17 heavy (non-hydrogen) atoms. The van der Waals surface area contributed by atoms with Crippen LogP contribution in [0.15, 0.2) is 17.6 Å². The molecule has 0 bridgehead atoms. The summed E-state index contributed by atoms with van der Waals surface area (Å²) in [6.07, 6.45) is 5.04. The lowest BCUT2D eigenvalue weighted by Gasteiger charge is -2.12. The first kappa shape index (κ1) is 12.5. The van der Waals surface area contributed by atoms with Gasteiger partial charge in [-0.3, -0.25) is 0 Å². The van der Waals surface area contributed by atoms with Gasteiger partial charge < -0.3 is 10.3 Å². The zero-order valence-corrected chi connectivity index (χ0v) is 10.7. The lowest BCUT2D eigenvalue weighted by Crippen LogP contribution is -2.34. The van der Waals surface area contributed by atoms with E-state index >= 15 is 0 Å². The molecule has 0 amide bonds. The molecular weight excluding hydrogens is 240 g/mol. The van der Waals surface area contributed by atoms with Gasteiger partial charge in [0.25, 0.3) is 10.0 Å². The summed E-state index contributed by atoms with van der Waals surface area (Å²) in [5, 5.41) is 0.0761. The second-order valence-corrected chi connectivity index (χ2v) is 6.28. The van der Waals surface area contributed by atoms with Crippen LogP contribution in [0.1, 0.15) is 19.8 Å². The van der Waals surface area contributed by atoms with Crippen molar-refractivity contribution in [1.82, 2.24) is 14.3 Å². The number of aryl methyl sites for hydroxylation is 1. The molecule has 1 aliphatic rings. The Morgan fingerprint density at radius 3 is 2.76 bits per heavy atom. The molecule has 1 aromatic heterocycles. The third-order valence-electron chi connectivity index (χ3n) is 3.28. The van der Waals surface area contributed by atoms with Crippen LogP contribution in [-0.4, -0.2) is 31.1 Å². The molecule has 0 radical (unpaired) electrons. The maximum atomic E-state index is 11.9. The van der Waals surface area contributed by atoms with E-state index in [9.17, 15) is 8.42 Å². The molecule has 7 heteroatoms. The highest BCUT2D eigenvalue weighted by Gasteiger charge is 2.42. The van der Waals surface area contributed by atoms with E-state index in [0.29, 0.717) is 19.6 Å². The number of hydrogen-bond acceptors (Lipinski definition) is 4. The van der Waals surface area contributed by atoms with Crippen LogP contribution in [0.4, 0.5) is 0 Å². The van der Waals surface area contributed by atoms with E-state index in [0.717, 1.165) is 12.8 Å². The first-order chi connectivity index (χ1) is 8.01. The number of aromatic nitrogens is 2. The monoisotopic (exact) mass is 258 g/mol. The molecule has 2 rings (SSSR count). The molecule has 1 heterocycles. The van der Waals surface area contributed by atoms with Gasteiger partial charge in [0, 0.05) is 19.3 Å². The van der Waals surface area contributed by atoms with Crippen LogP contribution in [0, 0.1) is 5.41 Å². The quantitative estimate of drug-likeness (QED) is 0.747. The van der Waals surface area contributed by atoms with E-state index in [4.69, 9.17) is 5.73 Å². The zero-order chi connectivity index (χ0) is 12.5. The average molecular weight is 258 g/mol. The molecule has 3 N–H and O–H groups in total. The third kappa shape index (κ3) is 2.67. The van der Waals surface area contributed by atoms with Crippen molar-refractivity contribution in [3.05, 3.63) is 12.5 Å². The summed E-state index contributed by atoms with van der Waals surface area (Å²) in [5.74, 6) is 0. The topological polar surface area (TPSA) is 90.0 Å². The molecule has 1 saturated carbocycles. The summed E-state index contributed by atoms with van der Waals surface area (Å²) >= 11 is 0. The minimum atomic E-state index is -3.49. The van der Waals surface area contributed by atoms with Crippen molar-refractivity contribution in [2.45, 2.75) is 31.3 Å². The largest absolute Gasteiger partial charge is 0.336 e. The molecular formula is C10H18N4O2S. The number of nitrogens with one attached hydrogen (secondary N) is 1. The van der Waals surface area contributed by atoms with Crippen molar-refractivity contribution in [2.75, 3.05) is 13.1 Å². The zero-order valence-electron chi connectivity index (χ0n) is 9.89. The summed E-state index contributed by atoms with van der Waals surface area (Å²) in [6.45, 7) is 3.57. The number of rotatable bonds is 6. The van der Waals surface area contributed by atoms with Crippen molar-refractivity contribution in [3.8, 4) is 0 Å². The van der Waals surface area contributed by atoms with Crippen molar-refractivity contribution < 1.29 is 8.42 Å². The van der Waals surface area contributed by atoms with E-state index in [1.165, 1.54) is 12.5 Å². The lowest BCUT2D eigenvalue weighted by atomic mass is 10.1. The SMILES string of the molecule is CCn1cnc(S(=O)(=O)NCC2(CN)CC2)c1. The van der Waals surface area contributed by atoms with E-state index in [2.05, 4.69) is 9.71 Å². The third-order valence-corrected chi connectivity index (χ3v) is 4.56. The molecule has 0 unspecified atom stereocenters. The minimum Gasteiger partial charge on any atom is -0.336 e. The molecule has 1 aliphatic carbocycles. The summed E-state index contributed by atoms with van der Waals surface area (Å²) in [7, 11) is -3.49. The van der Waals surface area contributed by atoms with Crippen LogP contribution in [-0.2, 0) is 16.6 Å². The average Bonchev–Trinajstić information content (AvgIpc) is 2.94. The van der Waals surface area contributed by atoms with Gasteiger partial charge in [0.15, 0.2) is 5.03 Å². The molecule has 0 aromatic carbocycles. The second-order valence-electron chi connectivity index (χ2n) is 4.57. The van der Waals surface area contributed by atoms with Crippen LogP contribution in [0.25, 0.3) is 0 Å². The summed E-state index contributed by atoms with van der Waals surface area (Å²) in [6, 6.07) is 0. The summed E-state index contributed by atoms with van der Waals surface area (Å²) in [4.78, 5) is 3.89. The predicted molar refractivity (Wildman–Crippen MR) is 63.8 cm³/mol. The van der Waals surface area contributed by atoms with Gasteiger partial charge in [0.05, 0.1) is 6.33 Å². The van der Waals surface area contributed by atoms with Crippen LogP contribution in [0.5, 0.6) is 0 Å². The van der Waals surface area contributed by atoms with Gasteiger partial charge in [-0.2, -0.15) is 0 Å². The lowest BCUT2D eigenvalue weighted by molar-refractivity contribution is 0.500. The van der Waals surface area contributed by atoms with Crippen molar-refractivity contribution in [1.29, 1.82) is 0 Å². The van der Waals surface area contributed by atoms with Crippen molar-refractivity contribution in [2.24, 2.45) is 11.1 Å². The smallest absolute Gasteiger partial charge is 0.259 e. The summed E-state index contributed by atoms with van der Waals surface area (Å²) in [5.41, 5.74) is 5.59. The van der Waals surface area contributed by atoms with Gasteiger partial charge in [-0.15, -0.1) is 0 Å². The molecule has 0 saturated heterocycles. The van der Waals surface area contributed by atoms with E-state index in [1.54, 1.807) is 4.57 Å². The normalized spacial score (nSPS) is 18.2. The predicted octanol–water partition coefficient (Wildman–Crippen LogP) is -0.0798.